The van der Waals surface area contributed by atoms with Gasteiger partial charge in [-0.3, -0.25) is 4.90 Å². The molecule has 102 valence electrons. The Morgan fingerprint density at radius 2 is 1.67 bits per heavy atom. The summed E-state index contributed by atoms with van der Waals surface area (Å²) in [5.41, 5.74) is 7.13. The Morgan fingerprint density at radius 1 is 1.11 bits per heavy atom. The van der Waals surface area contributed by atoms with Gasteiger partial charge in [0.1, 0.15) is 5.75 Å². The summed E-state index contributed by atoms with van der Waals surface area (Å²) in [6.45, 7) is 9.04. The SMILES string of the molecule is CC(C)Oc1ccc(C(CN)N(C)C(C)C)cc1. The van der Waals surface area contributed by atoms with Crippen molar-refractivity contribution in [3.8, 4) is 5.75 Å². The molecule has 0 saturated carbocycles. The lowest BCUT2D eigenvalue weighted by molar-refractivity contribution is 0.201. The number of rotatable bonds is 6. The van der Waals surface area contributed by atoms with Crippen LogP contribution < -0.4 is 10.5 Å². The second-order valence-corrected chi connectivity index (χ2v) is 5.25. The molecule has 0 radical (unpaired) electrons. The second-order valence-electron chi connectivity index (χ2n) is 5.25. The molecule has 18 heavy (non-hydrogen) atoms. The average Bonchev–Trinajstić information content (AvgIpc) is 2.31. The number of likely N-dealkylation sites (N-methyl/N-ethyl adjacent to an activating group) is 1. The van der Waals surface area contributed by atoms with Crippen molar-refractivity contribution < 1.29 is 4.74 Å². The predicted octanol–water partition coefficient (Wildman–Crippen LogP) is 2.81. The van der Waals surface area contributed by atoms with E-state index >= 15 is 0 Å². The zero-order chi connectivity index (χ0) is 13.7. The lowest BCUT2D eigenvalue weighted by atomic mass is 10.0. The van der Waals surface area contributed by atoms with Gasteiger partial charge >= 0.3 is 0 Å². The van der Waals surface area contributed by atoms with Crippen LogP contribution in [0.5, 0.6) is 5.75 Å². The molecule has 0 bridgehead atoms. The first-order chi connectivity index (χ1) is 8.45. The maximum Gasteiger partial charge on any atom is 0.119 e. The third-order valence-corrected chi connectivity index (χ3v) is 3.17. The van der Waals surface area contributed by atoms with E-state index in [1.165, 1.54) is 5.56 Å². The van der Waals surface area contributed by atoms with E-state index in [1.807, 2.05) is 26.0 Å². The molecule has 0 amide bonds. The minimum Gasteiger partial charge on any atom is -0.491 e. The first-order valence-electron chi connectivity index (χ1n) is 6.64. The molecule has 0 aliphatic heterocycles. The van der Waals surface area contributed by atoms with E-state index in [0.717, 1.165) is 5.75 Å². The summed E-state index contributed by atoms with van der Waals surface area (Å²) in [5.74, 6) is 0.914. The van der Waals surface area contributed by atoms with Crippen LogP contribution in [0.15, 0.2) is 24.3 Å². The maximum atomic E-state index is 5.89. The minimum absolute atomic E-state index is 0.208. The second kappa shape index (κ2) is 6.76. The lowest BCUT2D eigenvalue weighted by Gasteiger charge is -2.30. The van der Waals surface area contributed by atoms with Crippen molar-refractivity contribution in [3.63, 3.8) is 0 Å². The molecule has 0 heterocycles. The molecule has 1 atom stereocenters. The highest BCUT2D eigenvalue weighted by Gasteiger charge is 2.17. The number of benzene rings is 1. The van der Waals surface area contributed by atoms with Crippen LogP contribution in [0.3, 0.4) is 0 Å². The van der Waals surface area contributed by atoms with Gasteiger partial charge in [-0.15, -0.1) is 0 Å². The van der Waals surface area contributed by atoms with E-state index in [2.05, 4.69) is 37.9 Å². The summed E-state index contributed by atoms with van der Waals surface area (Å²) < 4.78 is 5.65. The Labute approximate surface area is 111 Å². The molecule has 0 aliphatic carbocycles. The zero-order valence-corrected chi connectivity index (χ0v) is 12.2. The Kier molecular flexibility index (Phi) is 5.63. The van der Waals surface area contributed by atoms with Gasteiger partial charge in [-0.05, 0) is 52.4 Å². The molecule has 1 aromatic rings. The monoisotopic (exact) mass is 250 g/mol. The maximum absolute atomic E-state index is 5.89. The van der Waals surface area contributed by atoms with Crippen LogP contribution >= 0.6 is 0 Å². The van der Waals surface area contributed by atoms with E-state index in [9.17, 15) is 0 Å². The first kappa shape index (κ1) is 15.0. The first-order valence-corrected chi connectivity index (χ1v) is 6.64. The molecule has 1 aromatic carbocycles. The summed E-state index contributed by atoms with van der Waals surface area (Å²) in [5, 5.41) is 0. The summed E-state index contributed by atoms with van der Waals surface area (Å²) >= 11 is 0. The fraction of sp³-hybridized carbons (Fsp3) is 0.600. The van der Waals surface area contributed by atoms with E-state index in [0.29, 0.717) is 12.6 Å². The highest BCUT2D eigenvalue weighted by atomic mass is 16.5. The van der Waals surface area contributed by atoms with E-state index in [1.54, 1.807) is 0 Å². The Morgan fingerprint density at radius 3 is 2.06 bits per heavy atom. The third kappa shape index (κ3) is 4.00. The van der Waals surface area contributed by atoms with Crippen LogP contribution in [0.1, 0.15) is 39.3 Å². The van der Waals surface area contributed by atoms with E-state index in [-0.39, 0.29) is 12.1 Å². The molecule has 0 spiro atoms. The van der Waals surface area contributed by atoms with Gasteiger partial charge in [0, 0.05) is 18.6 Å². The number of ether oxygens (including phenoxy) is 1. The van der Waals surface area contributed by atoms with Crippen molar-refractivity contribution in [2.75, 3.05) is 13.6 Å². The van der Waals surface area contributed by atoms with Crippen LogP contribution in [-0.2, 0) is 0 Å². The van der Waals surface area contributed by atoms with Gasteiger partial charge in [0.2, 0.25) is 0 Å². The van der Waals surface area contributed by atoms with Crippen molar-refractivity contribution in [1.82, 2.24) is 4.90 Å². The van der Waals surface area contributed by atoms with Crippen molar-refractivity contribution >= 4 is 0 Å². The highest BCUT2D eigenvalue weighted by Crippen LogP contribution is 2.23. The summed E-state index contributed by atoms with van der Waals surface area (Å²) in [6.07, 6.45) is 0.208. The van der Waals surface area contributed by atoms with Gasteiger partial charge in [0.25, 0.3) is 0 Å². The molecule has 0 saturated heterocycles. The van der Waals surface area contributed by atoms with Gasteiger partial charge in [0.05, 0.1) is 6.10 Å². The van der Waals surface area contributed by atoms with Crippen LogP contribution in [0.4, 0.5) is 0 Å². The van der Waals surface area contributed by atoms with Gasteiger partial charge in [-0.25, -0.2) is 0 Å². The van der Waals surface area contributed by atoms with E-state index in [4.69, 9.17) is 10.5 Å². The molecule has 2 N–H and O–H groups in total. The number of nitrogens with two attached hydrogens (primary N) is 1. The van der Waals surface area contributed by atoms with Gasteiger partial charge < -0.3 is 10.5 Å². The molecule has 0 fully saturated rings. The quantitative estimate of drug-likeness (QED) is 0.843. The fourth-order valence-corrected chi connectivity index (χ4v) is 1.94. The Hall–Kier alpha value is -1.06. The zero-order valence-electron chi connectivity index (χ0n) is 12.2. The highest BCUT2D eigenvalue weighted by molar-refractivity contribution is 5.29. The van der Waals surface area contributed by atoms with Gasteiger partial charge in [-0.1, -0.05) is 12.1 Å². The average molecular weight is 250 g/mol. The standard InChI is InChI=1S/C15H26N2O/c1-11(2)17(5)15(10-16)13-6-8-14(9-7-13)18-12(3)4/h6-9,11-12,15H,10,16H2,1-5H3. The predicted molar refractivity (Wildman–Crippen MR) is 76.9 cm³/mol. The molecular formula is C15H26N2O. The molecular weight excluding hydrogens is 224 g/mol. The van der Waals surface area contributed by atoms with Crippen molar-refractivity contribution in [2.24, 2.45) is 5.73 Å². The van der Waals surface area contributed by atoms with Crippen molar-refractivity contribution in [3.05, 3.63) is 29.8 Å². The molecule has 1 unspecified atom stereocenters. The third-order valence-electron chi connectivity index (χ3n) is 3.17. The van der Waals surface area contributed by atoms with Crippen LogP contribution in [0.25, 0.3) is 0 Å². The number of hydrogen-bond donors (Lipinski definition) is 1. The van der Waals surface area contributed by atoms with Crippen LogP contribution in [0.2, 0.25) is 0 Å². The number of hydrogen-bond acceptors (Lipinski definition) is 3. The summed E-state index contributed by atoms with van der Waals surface area (Å²) in [7, 11) is 2.11. The Bertz CT molecular complexity index is 346. The molecule has 0 aliphatic rings. The molecule has 3 heteroatoms. The van der Waals surface area contributed by atoms with E-state index < -0.39 is 0 Å². The summed E-state index contributed by atoms with van der Waals surface area (Å²) in [4.78, 5) is 2.29. The van der Waals surface area contributed by atoms with Crippen molar-refractivity contribution in [2.45, 2.75) is 45.9 Å². The van der Waals surface area contributed by atoms with Crippen LogP contribution in [-0.4, -0.2) is 30.6 Å². The summed E-state index contributed by atoms with van der Waals surface area (Å²) in [6, 6.07) is 8.99. The fourth-order valence-electron chi connectivity index (χ4n) is 1.94. The van der Waals surface area contributed by atoms with Gasteiger partial charge in [-0.2, -0.15) is 0 Å². The topological polar surface area (TPSA) is 38.5 Å². The number of nitrogens with zero attached hydrogens (tertiary/aromatic N) is 1. The van der Waals surface area contributed by atoms with Crippen LogP contribution in [0, 0.1) is 0 Å². The molecule has 1 rings (SSSR count). The lowest BCUT2D eigenvalue weighted by Crippen LogP contribution is -2.35. The minimum atomic E-state index is 0.208. The normalized spacial score (nSPS) is 13.4. The Balaban J connectivity index is 2.81. The van der Waals surface area contributed by atoms with Crippen molar-refractivity contribution in [1.29, 1.82) is 0 Å². The molecule has 0 aromatic heterocycles. The van der Waals surface area contributed by atoms with Gasteiger partial charge in [0.15, 0.2) is 0 Å². The smallest absolute Gasteiger partial charge is 0.119 e. The largest absolute Gasteiger partial charge is 0.491 e. The molecule has 3 nitrogen and oxygen atoms in total.